The number of aliphatic hydroxyl groups excluding tert-OH is 1. The van der Waals surface area contributed by atoms with E-state index < -0.39 is 50.1 Å². The largest absolute Gasteiger partial charge is 0.695 e. The number of ether oxygens (including phenoxy) is 2. The zero-order valence-corrected chi connectivity index (χ0v) is 11.6. The number of H-pyrrole nitrogens is 1. The van der Waals surface area contributed by atoms with Gasteiger partial charge in [-0.15, -0.1) is 9.42 Å². The van der Waals surface area contributed by atoms with Gasteiger partial charge < -0.3 is 14.6 Å². The first-order valence-electron chi connectivity index (χ1n) is 5.99. The van der Waals surface area contributed by atoms with Gasteiger partial charge in [0.05, 0.1) is 5.69 Å². The van der Waals surface area contributed by atoms with Crippen molar-refractivity contribution in [2.45, 2.75) is 30.6 Å². The molecule has 0 aromatic carbocycles. The molecule has 21 heavy (non-hydrogen) atoms. The Morgan fingerprint density at radius 1 is 1.43 bits per heavy atom. The third kappa shape index (κ3) is 2.16. The quantitative estimate of drug-likeness (QED) is 0.574. The van der Waals surface area contributed by atoms with Gasteiger partial charge in [0.2, 0.25) is 0 Å². The molecule has 6 atom stereocenters. The Bertz CT molecular complexity index is 699. The number of fused-ring (bicyclic) bond motifs is 4. The number of methoxy groups -OCH3 is 1. The standard InChI is InChI=1S/C10H11N2O8P/c1-18-8-7(20-21(16)17)6-5(14)3-2-4(13)11-10(15)12(3)9(8)19-6/h2,5-9,14H,1H3,(H-,11,13,15,16,17)/p+1/t5-,6?,7?,8?,9?/m1/s1. The smallest absolute Gasteiger partial charge is 0.384 e. The van der Waals surface area contributed by atoms with Crippen LogP contribution in [0.1, 0.15) is 18.0 Å². The number of rotatable bonds is 3. The average molecular weight is 319 g/mol. The molecule has 1 aromatic rings. The maximum atomic E-state index is 11.9. The minimum atomic E-state index is -2.95. The minimum Gasteiger partial charge on any atom is -0.384 e. The van der Waals surface area contributed by atoms with Gasteiger partial charge in [0.1, 0.15) is 18.3 Å². The van der Waals surface area contributed by atoms with Gasteiger partial charge in [-0.05, 0) is 0 Å². The number of nitrogens with one attached hydrogen (secondary N) is 1. The van der Waals surface area contributed by atoms with Gasteiger partial charge in [-0.25, -0.2) is 4.79 Å². The molecule has 1 aromatic heterocycles. The minimum absolute atomic E-state index is 0.0475. The summed E-state index contributed by atoms with van der Waals surface area (Å²) in [4.78, 5) is 34.3. The van der Waals surface area contributed by atoms with E-state index in [9.17, 15) is 19.3 Å². The van der Waals surface area contributed by atoms with Crippen molar-refractivity contribution in [3.63, 3.8) is 0 Å². The van der Waals surface area contributed by atoms with Gasteiger partial charge in [-0.2, -0.15) is 0 Å². The van der Waals surface area contributed by atoms with Crippen LogP contribution in [0.25, 0.3) is 0 Å². The Balaban J connectivity index is 2.14. The maximum Gasteiger partial charge on any atom is 0.695 e. The summed E-state index contributed by atoms with van der Waals surface area (Å²) in [6, 6.07) is 1.07. The van der Waals surface area contributed by atoms with Gasteiger partial charge in [0.15, 0.2) is 12.3 Å². The molecule has 114 valence electrons. The highest BCUT2D eigenvalue weighted by atomic mass is 31.1. The number of nitrogens with zero attached hydrogens (tertiary/aromatic N) is 1. The van der Waals surface area contributed by atoms with Crippen molar-refractivity contribution in [3.05, 3.63) is 32.6 Å². The van der Waals surface area contributed by atoms with Crippen molar-refractivity contribution in [1.82, 2.24) is 9.55 Å². The normalized spacial score (nSPS) is 34.6. The van der Waals surface area contributed by atoms with E-state index in [4.69, 9.17) is 18.9 Å². The van der Waals surface area contributed by atoms with E-state index in [1.54, 1.807) is 0 Å². The van der Waals surface area contributed by atoms with Gasteiger partial charge in [0, 0.05) is 17.7 Å². The fourth-order valence-electron chi connectivity index (χ4n) is 2.78. The summed E-state index contributed by atoms with van der Waals surface area (Å²) in [6.07, 6.45) is -5.30. The first-order valence-corrected chi connectivity index (χ1v) is 7.12. The second-order valence-corrected chi connectivity index (χ2v) is 5.36. The molecule has 0 aliphatic carbocycles. The first-order chi connectivity index (χ1) is 9.93. The van der Waals surface area contributed by atoms with Gasteiger partial charge in [-0.3, -0.25) is 14.3 Å². The Labute approximate surface area is 117 Å². The van der Waals surface area contributed by atoms with E-state index in [1.807, 2.05) is 0 Å². The average Bonchev–Trinajstić information content (AvgIpc) is 2.70. The molecule has 3 heterocycles. The summed E-state index contributed by atoms with van der Waals surface area (Å²) >= 11 is 0. The van der Waals surface area contributed by atoms with Crippen molar-refractivity contribution >= 4 is 8.25 Å². The number of aromatic nitrogens is 2. The monoisotopic (exact) mass is 319 g/mol. The topological polar surface area (TPSA) is 140 Å². The summed E-state index contributed by atoms with van der Waals surface area (Å²) in [5.74, 6) is 0. The molecular weight excluding hydrogens is 307 g/mol. The van der Waals surface area contributed by atoms with Crippen LogP contribution in [0, 0.1) is 0 Å². The lowest BCUT2D eigenvalue weighted by Gasteiger charge is -2.29. The molecular formula is C10H12N2O8P+. The Morgan fingerprint density at radius 3 is 2.76 bits per heavy atom. The number of aromatic amines is 1. The fraction of sp³-hybridized carbons (Fsp3) is 0.600. The van der Waals surface area contributed by atoms with Gasteiger partial charge in [-0.1, -0.05) is 0 Å². The molecule has 1 saturated heterocycles. The van der Waals surface area contributed by atoms with Crippen LogP contribution >= 0.6 is 8.25 Å². The highest BCUT2D eigenvalue weighted by Crippen LogP contribution is 2.45. The molecule has 0 amide bonds. The van der Waals surface area contributed by atoms with E-state index in [0.29, 0.717) is 0 Å². The molecule has 3 N–H and O–H groups in total. The SMILES string of the molecule is COC1C(O[P+](=O)O)C2OC1n1c(cc(=O)[nH]c1=O)[C@H]2O. The van der Waals surface area contributed by atoms with Crippen LogP contribution in [-0.2, 0) is 18.6 Å². The van der Waals surface area contributed by atoms with Crippen LogP contribution in [0.15, 0.2) is 15.7 Å². The molecule has 2 aliphatic heterocycles. The van der Waals surface area contributed by atoms with Crippen LogP contribution in [0.3, 0.4) is 0 Å². The van der Waals surface area contributed by atoms with Crippen molar-refractivity contribution in [2.24, 2.45) is 0 Å². The number of aliphatic hydroxyl groups is 1. The third-order valence-corrected chi connectivity index (χ3v) is 4.01. The van der Waals surface area contributed by atoms with Gasteiger partial charge >= 0.3 is 13.9 Å². The van der Waals surface area contributed by atoms with Crippen molar-refractivity contribution in [3.8, 4) is 0 Å². The Hall–Kier alpha value is -1.42. The lowest BCUT2D eigenvalue weighted by atomic mass is 10.1. The predicted molar refractivity (Wildman–Crippen MR) is 65.7 cm³/mol. The Morgan fingerprint density at radius 2 is 2.14 bits per heavy atom. The number of hydrogen-bond acceptors (Lipinski definition) is 7. The second kappa shape index (κ2) is 5.09. The van der Waals surface area contributed by atoms with Crippen LogP contribution in [0.2, 0.25) is 0 Å². The summed E-state index contributed by atoms with van der Waals surface area (Å²) in [5, 5.41) is 10.2. The fourth-order valence-corrected chi connectivity index (χ4v) is 3.23. The molecule has 3 rings (SSSR count). The second-order valence-electron chi connectivity index (χ2n) is 4.68. The van der Waals surface area contributed by atoms with E-state index >= 15 is 0 Å². The molecule has 10 nitrogen and oxygen atoms in total. The van der Waals surface area contributed by atoms with E-state index in [-0.39, 0.29) is 5.69 Å². The van der Waals surface area contributed by atoms with Crippen molar-refractivity contribution in [1.29, 1.82) is 0 Å². The molecule has 2 aliphatic rings. The summed E-state index contributed by atoms with van der Waals surface area (Å²) in [6.45, 7) is 0. The van der Waals surface area contributed by atoms with Crippen LogP contribution in [0.4, 0.5) is 0 Å². The molecule has 0 saturated carbocycles. The van der Waals surface area contributed by atoms with Crippen molar-refractivity contribution in [2.75, 3.05) is 7.11 Å². The van der Waals surface area contributed by atoms with E-state index in [2.05, 4.69) is 4.98 Å². The predicted octanol–water partition coefficient (Wildman–Crippen LogP) is -1.47. The lowest BCUT2D eigenvalue weighted by Crippen LogP contribution is -2.42. The van der Waals surface area contributed by atoms with Crippen LogP contribution in [0.5, 0.6) is 0 Å². The van der Waals surface area contributed by atoms with Crippen LogP contribution in [-0.4, -0.2) is 45.0 Å². The molecule has 0 radical (unpaired) electrons. The summed E-state index contributed by atoms with van der Waals surface area (Å²) in [5.41, 5.74) is -1.38. The summed E-state index contributed by atoms with van der Waals surface area (Å²) in [7, 11) is -1.64. The third-order valence-electron chi connectivity index (χ3n) is 3.58. The maximum absolute atomic E-state index is 11.9. The van der Waals surface area contributed by atoms with Gasteiger partial charge in [0.25, 0.3) is 5.56 Å². The van der Waals surface area contributed by atoms with E-state index in [1.165, 1.54) is 7.11 Å². The number of hydrogen-bond donors (Lipinski definition) is 3. The Kier molecular flexibility index (Phi) is 3.52. The van der Waals surface area contributed by atoms with Crippen LogP contribution < -0.4 is 11.2 Å². The first kappa shape index (κ1) is 14.5. The highest BCUT2D eigenvalue weighted by Gasteiger charge is 2.58. The summed E-state index contributed by atoms with van der Waals surface area (Å²) < 4.78 is 27.5. The zero-order valence-electron chi connectivity index (χ0n) is 10.7. The zero-order chi connectivity index (χ0) is 15.3. The molecule has 1 fully saturated rings. The lowest BCUT2D eigenvalue weighted by molar-refractivity contribution is -0.117. The van der Waals surface area contributed by atoms with Crippen molar-refractivity contribution < 1.29 is 28.6 Å². The molecule has 5 unspecified atom stereocenters. The molecule has 2 bridgehead atoms. The molecule has 0 spiro atoms. The van der Waals surface area contributed by atoms with E-state index in [0.717, 1.165) is 10.6 Å². The molecule has 11 heteroatoms. The highest BCUT2D eigenvalue weighted by molar-refractivity contribution is 7.32.